The number of anilines is 1. The molecule has 2 aromatic carbocycles. The zero-order chi connectivity index (χ0) is 22.2. The van der Waals surface area contributed by atoms with Crippen molar-refractivity contribution in [1.82, 2.24) is 10.2 Å². The molecule has 1 saturated heterocycles. The summed E-state index contributed by atoms with van der Waals surface area (Å²) in [7, 11) is 1.60. The van der Waals surface area contributed by atoms with Crippen LogP contribution >= 0.6 is 0 Å². The minimum absolute atomic E-state index is 0.00182. The van der Waals surface area contributed by atoms with Gasteiger partial charge in [-0.15, -0.1) is 0 Å². The summed E-state index contributed by atoms with van der Waals surface area (Å²) in [5.41, 5.74) is 1.42. The number of methoxy groups -OCH3 is 1. The number of benzene rings is 2. The third kappa shape index (κ3) is 6.07. The van der Waals surface area contributed by atoms with Gasteiger partial charge in [0, 0.05) is 29.4 Å². The van der Waals surface area contributed by atoms with E-state index in [0.29, 0.717) is 17.9 Å². The normalized spacial score (nSPS) is 21.3. The van der Waals surface area contributed by atoms with E-state index in [0.717, 1.165) is 31.4 Å². The van der Waals surface area contributed by atoms with Gasteiger partial charge in [-0.1, -0.05) is 38.1 Å². The van der Waals surface area contributed by atoms with Gasteiger partial charge >= 0.3 is 0 Å². The van der Waals surface area contributed by atoms with Crippen LogP contribution in [-0.2, 0) is 4.79 Å². The number of carbonyl (C=O) groups is 2. The summed E-state index contributed by atoms with van der Waals surface area (Å²) in [4.78, 5) is 27.8. The molecule has 0 saturated carbocycles. The van der Waals surface area contributed by atoms with Crippen molar-refractivity contribution in [3.8, 4) is 5.75 Å². The molecule has 0 aliphatic carbocycles. The lowest BCUT2D eigenvalue weighted by molar-refractivity contribution is -0.119. The fraction of sp³-hybridized carbons (Fsp3) is 0.440. The molecule has 6 heteroatoms. The largest absolute Gasteiger partial charge is 0.497 e. The molecule has 2 unspecified atom stereocenters. The maximum Gasteiger partial charge on any atom is 0.251 e. The van der Waals surface area contributed by atoms with E-state index in [1.54, 1.807) is 19.2 Å². The number of amides is 2. The van der Waals surface area contributed by atoms with E-state index < -0.39 is 0 Å². The monoisotopic (exact) mass is 423 g/mol. The summed E-state index contributed by atoms with van der Waals surface area (Å²) in [6, 6.07) is 17.3. The first-order valence-electron chi connectivity index (χ1n) is 11.1. The number of likely N-dealkylation sites (tertiary alicyclic amines) is 1. The smallest absolute Gasteiger partial charge is 0.251 e. The Balaban J connectivity index is 1.63. The molecule has 0 spiro atoms. The summed E-state index contributed by atoms with van der Waals surface area (Å²) >= 11 is 0. The van der Waals surface area contributed by atoms with Crippen LogP contribution in [-0.4, -0.2) is 48.5 Å². The SMILES string of the molecule is CCC1CC(NC(=O)c2cccc(OC)c2)CC(CC)N1CC(=O)Nc1ccccc1. The van der Waals surface area contributed by atoms with Gasteiger partial charge in [-0.05, 0) is 56.0 Å². The van der Waals surface area contributed by atoms with Crippen molar-refractivity contribution in [3.05, 3.63) is 60.2 Å². The Hall–Kier alpha value is -2.86. The van der Waals surface area contributed by atoms with E-state index in [9.17, 15) is 9.59 Å². The number of hydrogen-bond donors (Lipinski definition) is 2. The first-order chi connectivity index (χ1) is 15.0. The quantitative estimate of drug-likeness (QED) is 0.671. The standard InChI is InChI=1S/C25H33N3O3/c1-4-21-15-20(27-25(30)18-10-9-13-23(14-18)31-3)16-22(5-2)28(21)17-24(29)26-19-11-7-6-8-12-19/h6-14,20-22H,4-5,15-17H2,1-3H3,(H,26,29)(H,27,30). The van der Waals surface area contributed by atoms with Gasteiger partial charge in [0.2, 0.25) is 5.91 Å². The molecule has 166 valence electrons. The first kappa shape index (κ1) is 22.8. The minimum atomic E-state index is -0.0797. The minimum Gasteiger partial charge on any atom is -0.497 e. The summed E-state index contributed by atoms with van der Waals surface area (Å²) in [5, 5.41) is 6.20. The Kier molecular flexibility index (Phi) is 8.06. The molecular formula is C25H33N3O3. The number of piperidine rings is 1. The third-order valence-electron chi connectivity index (χ3n) is 6.04. The van der Waals surface area contributed by atoms with Crippen LogP contribution in [0.5, 0.6) is 5.75 Å². The predicted molar refractivity (Wildman–Crippen MR) is 123 cm³/mol. The van der Waals surface area contributed by atoms with Crippen LogP contribution in [0, 0.1) is 0 Å². The Morgan fingerprint density at radius 3 is 2.29 bits per heavy atom. The van der Waals surface area contributed by atoms with Gasteiger partial charge in [0.15, 0.2) is 0 Å². The Bertz CT molecular complexity index is 857. The second-order valence-corrected chi connectivity index (χ2v) is 8.08. The van der Waals surface area contributed by atoms with Crippen LogP contribution in [0.2, 0.25) is 0 Å². The summed E-state index contributed by atoms with van der Waals surface area (Å²) in [5.74, 6) is 0.593. The molecule has 31 heavy (non-hydrogen) atoms. The highest BCUT2D eigenvalue weighted by molar-refractivity contribution is 5.95. The van der Waals surface area contributed by atoms with Crippen LogP contribution in [0.25, 0.3) is 0 Å². The zero-order valence-corrected chi connectivity index (χ0v) is 18.6. The van der Waals surface area contributed by atoms with Crippen molar-refractivity contribution in [2.45, 2.75) is 57.7 Å². The molecule has 0 aromatic heterocycles. The summed E-state index contributed by atoms with van der Waals surface area (Å²) in [6.07, 6.45) is 3.53. The van der Waals surface area contributed by atoms with Gasteiger partial charge in [-0.2, -0.15) is 0 Å². The lowest BCUT2D eigenvalue weighted by Crippen LogP contribution is -2.56. The Morgan fingerprint density at radius 2 is 1.68 bits per heavy atom. The van der Waals surface area contributed by atoms with Gasteiger partial charge < -0.3 is 15.4 Å². The number of rotatable bonds is 8. The van der Waals surface area contributed by atoms with Crippen molar-refractivity contribution in [2.24, 2.45) is 0 Å². The lowest BCUT2D eigenvalue weighted by Gasteiger charge is -2.44. The molecule has 1 heterocycles. The van der Waals surface area contributed by atoms with Crippen molar-refractivity contribution in [2.75, 3.05) is 19.0 Å². The average Bonchev–Trinajstić information content (AvgIpc) is 2.80. The number of nitrogens with one attached hydrogen (secondary N) is 2. The van der Waals surface area contributed by atoms with Gasteiger partial charge in [-0.25, -0.2) is 0 Å². The fourth-order valence-corrected chi connectivity index (χ4v) is 4.42. The Morgan fingerprint density at radius 1 is 1.00 bits per heavy atom. The van der Waals surface area contributed by atoms with Gasteiger partial charge in [0.05, 0.1) is 13.7 Å². The number of hydrogen-bond acceptors (Lipinski definition) is 4. The average molecular weight is 424 g/mol. The second-order valence-electron chi connectivity index (χ2n) is 8.08. The maximum atomic E-state index is 12.8. The van der Waals surface area contributed by atoms with Crippen LogP contribution in [0.15, 0.2) is 54.6 Å². The van der Waals surface area contributed by atoms with E-state index in [1.165, 1.54) is 0 Å². The van der Waals surface area contributed by atoms with Crippen molar-refractivity contribution >= 4 is 17.5 Å². The highest BCUT2D eigenvalue weighted by atomic mass is 16.5. The molecule has 2 N–H and O–H groups in total. The van der Waals surface area contributed by atoms with E-state index in [2.05, 4.69) is 29.4 Å². The molecular weight excluding hydrogens is 390 g/mol. The molecule has 3 rings (SSSR count). The molecule has 1 fully saturated rings. The van der Waals surface area contributed by atoms with E-state index in [1.807, 2.05) is 42.5 Å². The maximum absolute atomic E-state index is 12.8. The lowest BCUT2D eigenvalue weighted by atomic mass is 9.88. The summed E-state index contributed by atoms with van der Waals surface area (Å²) < 4.78 is 5.23. The number of para-hydroxylation sites is 1. The number of nitrogens with zero attached hydrogens (tertiary/aromatic N) is 1. The van der Waals surface area contributed by atoms with Crippen LogP contribution < -0.4 is 15.4 Å². The van der Waals surface area contributed by atoms with Gasteiger partial charge in [0.1, 0.15) is 5.75 Å². The topological polar surface area (TPSA) is 70.7 Å². The molecule has 2 aromatic rings. The van der Waals surface area contributed by atoms with E-state index in [4.69, 9.17) is 4.74 Å². The van der Waals surface area contributed by atoms with Crippen LogP contribution in [0.1, 0.15) is 49.9 Å². The molecule has 2 atom stereocenters. The fourth-order valence-electron chi connectivity index (χ4n) is 4.42. The molecule has 1 aliphatic heterocycles. The highest BCUT2D eigenvalue weighted by Crippen LogP contribution is 2.27. The Labute approximate surface area is 185 Å². The molecule has 2 amide bonds. The third-order valence-corrected chi connectivity index (χ3v) is 6.04. The molecule has 6 nitrogen and oxygen atoms in total. The van der Waals surface area contributed by atoms with Gasteiger partial charge in [-0.3, -0.25) is 14.5 Å². The number of ether oxygens (including phenoxy) is 1. The van der Waals surface area contributed by atoms with Crippen LogP contribution in [0.3, 0.4) is 0 Å². The molecule has 0 radical (unpaired) electrons. The van der Waals surface area contributed by atoms with Crippen molar-refractivity contribution in [3.63, 3.8) is 0 Å². The summed E-state index contributed by atoms with van der Waals surface area (Å²) in [6.45, 7) is 4.65. The van der Waals surface area contributed by atoms with E-state index in [-0.39, 0.29) is 29.9 Å². The van der Waals surface area contributed by atoms with Crippen molar-refractivity contribution < 1.29 is 14.3 Å². The first-order valence-corrected chi connectivity index (χ1v) is 11.1. The zero-order valence-electron chi connectivity index (χ0n) is 18.6. The predicted octanol–water partition coefficient (Wildman–Crippen LogP) is 4.09. The van der Waals surface area contributed by atoms with Gasteiger partial charge in [0.25, 0.3) is 5.91 Å². The highest BCUT2D eigenvalue weighted by Gasteiger charge is 2.35. The van der Waals surface area contributed by atoms with Crippen molar-refractivity contribution in [1.29, 1.82) is 0 Å². The van der Waals surface area contributed by atoms with E-state index >= 15 is 0 Å². The van der Waals surface area contributed by atoms with Crippen LogP contribution in [0.4, 0.5) is 5.69 Å². The molecule has 0 bridgehead atoms. The number of carbonyl (C=O) groups excluding carboxylic acids is 2. The molecule has 1 aliphatic rings. The second kappa shape index (κ2) is 11.0.